The van der Waals surface area contributed by atoms with Crippen LogP contribution in [0.3, 0.4) is 0 Å². The number of carbonyl (C=O) groups is 2. The molecule has 0 saturated heterocycles. The zero-order chi connectivity index (χ0) is 15.4. The molecule has 0 aliphatic carbocycles. The quantitative estimate of drug-likeness (QED) is 0.601. The van der Waals surface area contributed by atoms with Gasteiger partial charge in [0.1, 0.15) is 11.3 Å². The van der Waals surface area contributed by atoms with Gasteiger partial charge in [0, 0.05) is 5.69 Å². The van der Waals surface area contributed by atoms with Gasteiger partial charge in [-0.3, -0.25) is 25.2 Å². The van der Waals surface area contributed by atoms with Gasteiger partial charge in [0.2, 0.25) is 0 Å². The molecule has 108 valence electrons. The second kappa shape index (κ2) is 5.91. The zero-order valence-corrected chi connectivity index (χ0v) is 11.1. The number of aromatic hydroxyl groups is 1. The predicted octanol–water partition coefficient (Wildman–Crippen LogP) is 0.464. The Balaban J connectivity index is 2.06. The molecule has 2 aromatic rings. The van der Waals surface area contributed by atoms with Crippen molar-refractivity contribution >= 4 is 11.8 Å². The number of hydrogen-bond acceptors (Lipinski definition) is 4. The molecule has 0 aliphatic rings. The number of hydrogen-bond donors (Lipinski definition) is 4. The molecule has 0 saturated carbocycles. The molecule has 0 aliphatic heterocycles. The van der Waals surface area contributed by atoms with E-state index >= 15 is 0 Å². The summed E-state index contributed by atoms with van der Waals surface area (Å²) in [6.45, 7) is 1.68. The maximum absolute atomic E-state index is 11.8. The lowest BCUT2D eigenvalue weighted by molar-refractivity contribution is 0.0844. The van der Waals surface area contributed by atoms with Crippen molar-refractivity contribution in [1.29, 1.82) is 0 Å². The Morgan fingerprint density at radius 1 is 1.00 bits per heavy atom. The maximum atomic E-state index is 11.8. The van der Waals surface area contributed by atoms with E-state index in [0.717, 1.165) is 0 Å². The number of aromatic nitrogens is 1. The van der Waals surface area contributed by atoms with Gasteiger partial charge in [0.15, 0.2) is 0 Å². The first-order valence-corrected chi connectivity index (χ1v) is 6.07. The third-order valence-corrected chi connectivity index (χ3v) is 2.74. The number of rotatable bonds is 2. The molecule has 2 amide bonds. The summed E-state index contributed by atoms with van der Waals surface area (Å²) in [4.78, 5) is 37.6. The van der Waals surface area contributed by atoms with Gasteiger partial charge in [-0.1, -0.05) is 12.1 Å². The summed E-state index contributed by atoms with van der Waals surface area (Å²) in [5.74, 6) is -1.65. The molecule has 0 bridgehead atoms. The molecule has 1 aromatic carbocycles. The van der Waals surface area contributed by atoms with Crippen LogP contribution in [0.2, 0.25) is 0 Å². The van der Waals surface area contributed by atoms with Crippen LogP contribution in [-0.4, -0.2) is 21.9 Å². The number of carbonyl (C=O) groups excluding carboxylic acids is 2. The Morgan fingerprint density at radius 3 is 2.24 bits per heavy atom. The fourth-order valence-corrected chi connectivity index (χ4v) is 1.66. The number of phenols is 1. The summed E-state index contributed by atoms with van der Waals surface area (Å²) in [5.41, 5.74) is 4.20. The maximum Gasteiger partial charge on any atom is 0.275 e. The largest absolute Gasteiger partial charge is 0.507 e. The number of H-pyrrole nitrogens is 1. The number of nitrogens with one attached hydrogen (secondary N) is 3. The lowest BCUT2D eigenvalue weighted by Crippen LogP contribution is -2.43. The van der Waals surface area contributed by atoms with E-state index in [2.05, 4.69) is 15.8 Å². The van der Waals surface area contributed by atoms with Crippen molar-refractivity contribution < 1.29 is 14.7 Å². The summed E-state index contributed by atoms with van der Waals surface area (Å²) in [5, 5.41) is 9.51. The van der Waals surface area contributed by atoms with Crippen LogP contribution >= 0.6 is 0 Å². The van der Waals surface area contributed by atoms with Gasteiger partial charge >= 0.3 is 0 Å². The number of phenolic OH excluding ortho intramolecular Hbond substituents is 1. The van der Waals surface area contributed by atoms with Gasteiger partial charge in [-0.05, 0) is 31.2 Å². The van der Waals surface area contributed by atoms with Crippen LogP contribution in [0.5, 0.6) is 5.75 Å². The molecule has 4 N–H and O–H groups in total. The van der Waals surface area contributed by atoms with Gasteiger partial charge < -0.3 is 10.1 Å². The van der Waals surface area contributed by atoms with Crippen molar-refractivity contribution in [2.24, 2.45) is 0 Å². The van der Waals surface area contributed by atoms with Crippen molar-refractivity contribution in [3.05, 3.63) is 63.6 Å². The van der Waals surface area contributed by atoms with Crippen molar-refractivity contribution in [2.75, 3.05) is 0 Å². The Bertz CT molecular complexity index is 752. The fourth-order valence-electron chi connectivity index (χ4n) is 1.66. The van der Waals surface area contributed by atoms with Crippen LogP contribution in [0.25, 0.3) is 0 Å². The minimum Gasteiger partial charge on any atom is -0.507 e. The molecule has 2 rings (SSSR count). The lowest BCUT2D eigenvalue weighted by atomic mass is 10.2. The van der Waals surface area contributed by atoms with Gasteiger partial charge in [-0.15, -0.1) is 0 Å². The minimum atomic E-state index is -0.750. The Morgan fingerprint density at radius 2 is 1.62 bits per heavy atom. The van der Waals surface area contributed by atoms with Crippen LogP contribution < -0.4 is 16.4 Å². The van der Waals surface area contributed by atoms with Crippen LogP contribution in [0.1, 0.15) is 26.4 Å². The second-order valence-corrected chi connectivity index (χ2v) is 4.31. The summed E-state index contributed by atoms with van der Waals surface area (Å²) in [7, 11) is 0. The van der Waals surface area contributed by atoms with Crippen molar-refractivity contribution in [3.63, 3.8) is 0 Å². The summed E-state index contributed by atoms with van der Waals surface area (Å²) >= 11 is 0. The third-order valence-electron chi connectivity index (χ3n) is 2.74. The number of amides is 2. The first-order valence-electron chi connectivity index (χ1n) is 6.07. The van der Waals surface area contributed by atoms with E-state index in [0.29, 0.717) is 5.69 Å². The standard InChI is InChI=1S/C14H13N3O4/c1-8-6-7-10(12(19)15-8)14(21)17-16-13(20)9-4-2-3-5-11(9)18/h2-7,18H,1H3,(H,15,19)(H,16,20)(H,17,21). The van der Waals surface area contributed by atoms with Crippen molar-refractivity contribution in [1.82, 2.24) is 15.8 Å². The fraction of sp³-hybridized carbons (Fsp3) is 0.0714. The molecule has 0 spiro atoms. The van der Waals surface area contributed by atoms with Gasteiger partial charge in [-0.25, -0.2) is 0 Å². The van der Waals surface area contributed by atoms with E-state index in [4.69, 9.17) is 0 Å². The lowest BCUT2D eigenvalue weighted by Gasteiger charge is -2.08. The van der Waals surface area contributed by atoms with E-state index in [1.807, 2.05) is 0 Å². The number of hydrazine groups is 1. The molecule has 1 heterocycles. The van der Waals surface area contributed by atoms with Gasteiger partial charge in [-0.2, -0.15) is 0 Å². The summed E-state index contributed by atoms with van der Waals surface area (Å²) in [6, 6.07) is 8.81. The number of aromatic amines is 1. The number of pyridine rings is 1. The minimum absolute atomic E-state index is 0.00983. The SMILES string of the molecule is Cc1ccc(C(=O)NNC(=O)c2ccccc2O)c(=O)[nH]1. The van der Waals surface area contributed by atoms with Crippen LogP contribution in [-0.2, 0) is 0 Å². The molecule has 0 fully saturated rings. The molecule has 7 nitrogen and oxygen atoms in total. The normalized spacial score (nSPS) is 9.95. The average Bonchev–Trinajstić information content (AvgIpc) is 2.45. The highest BCUT2D eigenvalue weighted by Gasteiger charge is 2.14. The number of aryl methyl sites for hydroxylation is 1. The Kier molecular flexibility index (Phi) is 4.03. The van der Waals surface area contributed by atoms with E-state index in [9.17, 15) is 19.5 Å². The molecule has 0 radical (unpaired) electrons. The highest BCUT2D eigenvalue weighted by atomic mass is 16.3. The Labute approximate surface area is 119 Å². The smallest absolute Gasteiger partial charge is 0.275 e. The highest BCUT2D eigenvalue weighted by molar-refractivity contribution is 6.00. The van der Waals surface area contributed by atoms with Gasteiger partial charge in [0.25, 0.3) is 17.4 Å². The molecule has 0 unspecified atom stereocenters. The van der Waals surface area contributed by atoms with E-state index in [-0.39, 0.29) is 16.9 Å². The first kappa shape index (κ1) is 14.3. The van der Waals surface area contributed by atoms with E-state index in [1.54, 1.807) is 25.1 Å². The number of benzene rings is 1. The zero-order valence-electron chi connectivity index (χ0n) is 11.1. The molecular formula is C14H13N3O4. The second-order valence-electron chi connectivity index (χ2n) is 4.31. The molecule has 0 atom stereocenters. The van der Waals surface area contributed by atoms with Crippen LogP contribution in [0.15, 0.2) is 41.2 Å². The monoisotopic (exact) mass is 287 g/mol. The number of para-hydroxylation sites is 1. The predicted molar refractivity (Wildman–Crippen MR) is 74.8 cm³/mol. The third kappa shape index (κ3) is 3.27. The highest BCUT2D eigenvalue weighted by Crippen LogP contribution is 2.14. The topological polar surface area (TPSA) is 111 Å². The first-order chi connectivity index (χ1) is 9.99. The molecule has 1 aromatic heterocycles. The Hall–Kier alpha value is -3.09. The van der Waals surface area contributed by atoms with Crippen LogP contribution in [0.4, 0.5) is 0 Å². The average molecular weight is 287 g/mol. The van der Waals surface area contributed by atoms with E-state index < -0.39 is 17.4 Å². The van der Waals surface area contributed by atoms with Crippen molar-refractivity contribution in [2.45, 2.75) is 6.92 Å². The van der Waals surface area contributed by atoms with Gasteiger partial charge in [0.05, 0.1) is 5.56 Å². The molecule has 21 heavy (non-hydrogen) atoms. The molecular weight excluding hydrogens is 274 g/mol. The van der Waals surface area contributed by atoms with E-state index in [1.165, 1.54) is 18.2 Å². The van der Waals surface area contributed by atoms with Crippen molar-refractivity contribution in [3.8, 4) is 5.75 Å². The van der Waals surface area contributed by atoms with Crippen LogP contribution in [0, 0.1) is 6.92 Å². The summed E-state index contributed by atoms with van der Waals surface area (Å²) < 4.78 is 0. The molecule has 7 heteroatoms. The summed E-state index contributed by atoms with van der Waals surface area (Å²) in [6.07, 6.45) is 0.